The van der Waals surface area contributed by atoms with Crippen molar-refractivity contribution in [1.29, 1.82) is 0 Å². The molecule has 1 nitrogen and oxygen atoms in total. The Labute approximate surface area is 92.3 Å². The lowest BCUT2D eigenvalue weighted by atomic mass is 10.2. The van der Waals surface area contributed by atoms with Crippen LogP contribution in [0.1, 0.15) is 4.88 Å². The standard InChI is InChI=1S/C13H9OS/c1-2-6-12-10(4-1)8-13(15-12)11-5-3-7-14-9-11/h1-9H. The minimum Gasteiger partial charge on any atom is -0.489 e. The zero-order chi connectivity index (χ0) is 10.1. The molecule has 1 aromatic carbocycles. The first-order chi connectivity index (χ1) is 7.43. The van der Waals surface area contributed by atoms with Crippen LogP contribution in [0.3, 0.4) is 0 Å². The SMILES string of the molecule is [CH]1OC=CC=C1c1cc2ccccc2s1. The molecule has 15 heavy (non-hydrogen) atoms. The molecule has 2 aromatic rings. The van der Waals surface area contributed by atoms with Crippen LogP contribution in [-0.4, -0.2) is 0 Å². The maximum Gasteiger partial charge on any atom is 0.165 e. The van der Waals surface area contributed by atoms with E-state index >= 15 is 0 Å². The molecular formula is C13H9OS. The van der Waals surface area contributed by atoms with E-state index in [9.17, 15) is 0 Å². The molecule has 1 aromatic heterocycles. The molecule has 1 aliphatic rings. The van der Waals surface area contributed by atoms with Gasteiger partial charge in [0.2, 0.25) is 0 Å². The second-order valence-corrected chi connectivity index (χ2v) is 4.44. The third-order valence-electron chi connectivity index (χ3n) is 2.34. The van der Waals surface area contributed by atoms with Gasteiger partial charge in [0.05, 0.1) is 6.26 Å². The number of ether oxygens (including phenoxy) is 1. The molecule has 3 rings (SSSR count). The van der Waals surface area contributed by atoms with E-state index in [1.165, 1.54) is 15.0 Å². The quantitative estimate of drug-likeness (QED) is 0.696. The van der Waals surface area contributed by atoms with Crippen LogP contribution in [0, 0.1) is 6.61 Å². The van der Waals surface area contributed by atoms with Gasteiger partial charge in [-0.3, -0.25) is 0 Å². The van der Waals surface area contributed by atoms with Crippen LogP contribution < -0.4 is 0 Å². The first-order valence-corrected chi connectivity index (χ1v) is 5.59. The van der Waals surface area contributed by atoms with Crippen molar-refractivity contribution < 1.29 is 4.74 Å². The second kappa shape index (κ2) is 3.55. The number of hydrogen-bond acceptors (Lipinski definition) is 2. The minimum atomic E-state index is 1.14. The van der Waals surface area contributed by atoms with E-state index in [1.807, 2.05) is 6.08 Å². The summed E-state index contributed by atoms with van der Waals surface area (Å²) >= 11 is 1.79. The summed E-state index contributed by atoms with van der Waals surface area (Å²) in [6.07, 6.45) is 5.66. The largest absolute Gasteiger partial charge is 0.489 e. The van der Waals surface area contributed by atoms with E-state index in [0.29, 0.717) is 0 Å². The van der Waals surface area contributed by atoms with Gasteiger partial charge in [-0.15, -0.1) is 11.3 Å². The molecule has 0 spiro atoms. The van der Waals surface area contributed by atoms with Crippen LogP contribution in [0.15, 0.2) is 48.7 Å². The van der Waals surface area contributed by atoms with Crippen molar-refractivity contribution in [3.63, 3.8) is 0 Å². The summed E-state index contributed by atoms with van der Waals surface area (Å²) in [5.74, 6) is 0. The van der Waals surface area contributed by atoms with Gasteiger partial charge < -0.3 is 4.74 Å². The third kappa shape index (κ3) is 1.57. The Bertz CT molecular complexity index is 515. The molecular weight excluding hydrogens is 204 g/mol. The van der Waals surface area contributed by atoms with Crippen LogP contribution in [0.4, 0.5) is 0 Å². The maximum atomic E-state index is 5.17. The lowest BCUT2D eigenvalue weighted by molar-refractivity contribution is 0.359. The highest BCUT2D eigenvalue weighted by molar-refractivity contribution is 7.20. The average Bonchev–Trinajstić information content (AvgIpc) is 2.74. The van der Waals surface area contributed by atoms with E-state index in [0.717, 1.165) is 5.57 Å². The number of benzene rings is 1. The summed E-state index contributed by atoms with van der Waals surface area (Å²) in [5.41, 5.74) is 1.14. The van der Waals surface area contributed by atoms with Crippen LogP contribution in [0.25, 0.3) is 15.7 Å². The van der Waals surface area contributed by atoms with Gasteiger partial charge in [-0.2, -0.15) is 0 Å². The van der Waals surface area contributed by atoms with Crippen LogP contribution in [-0.2, 0) is 4.74 Å². The number of allylic oxidation sites excluding steroid dienone is 2. The summed E-state index contributed by atoms with van der Waals surface area (Å²) < 4.78 is 6.48. The Morgan fingerprint density at radius 2 is 2.07 bits per heavy atom. The zero-order valence-electron chi connectivity index (χ0n) is 8.01. The maximum absolute atomic E-state index is 5.17. The highest BCUT2D eigenvalue weighted by atomic mass is 32.1. The van der Waals surface area contributed by atoms with Crippen molar-refractivity contribution in [2.24, 2.45) is 0 Å². The third-order valence-corrected chi connectivity index (χ3v) is 3.50. The molecule has 2 heteroatoms. The summed E-state index contributed by atoms with van der Waals surface area (Å²) in [6.45, 7) is 1.78. The van der Waals surface area contributed by atoms with E-state index in [2.05, 4.69) is 36.4 Å². The Balaban J connectivity index is 2.11. The fourth-order valence-electron chi connectivity index (χ4n) is 1.60. The molecule has 2 heterocycles. The van der Waals surface area contributed by atoms with Crippen LogP contribution >= 0.6 is 11.3 Å². The molecule has 1 aliphatic heterocycles. The van der Waals surface area contributed by atoms with Crippen molar-refractivity contribution in [3.05, 3.63) is 60.2 Å². The molecule has 0 bridgehead atoms. The number of thiophene rings is 1. The summed E-state index contributed by atoms with van der Waals surface area (Å²) in [5, 5.41) is 1.29. The van der Waals surface area contributed by atoms with Crippen molar-refractivity contribution in [3.8, 4) is 0 Å². The normalized spacial score (nSPS) is 15.1. The van der Waals surface area contributed by atoms with Crippen LogP contribution in [0.5, 0.6) is 0 Å². The van der Waals surface area contributed by atoms with Gasteiger partial charge in [-0.05, 0) is 23.6 Å². The van der Waals surface area contributed by atoms with E-state index in [4.69, 9.17) is 4.74 Å². The summed E-state index contributed by atoms with van der Waals surface area (Å²) in [6, 6.07) is 10.6. The van der Waals surface area contributed by atoms with E-state index < -0.39 is 0 Å². The zero-order valence-corrected chi connectivity index (χ0v) is 8.83. The van der Waals surface area contributed by atoms with Crippen LogP contribution in [0.2, 0.25) is 0 Å². The molecule has 0 amide bonds. The van der Waals surface area contributed by atoms with Crippen molar-refractivity contribution >= 4 is 27.0 Å². The van der Waals surface area contributed by atoms with Gasteiger partial charge in [-0.1, -0.05) is 24.3 Å². The van der Waals surface area contributed by atoms with Crippen molar-refractivity contribution in [2.75, 3.05) is 0 Å². The molecule has 0 atom stereocenters. The predicted octanol–water partition coefficient (Wildman–Crippen LogP) is 3.99. The molecule has 0 aliphatic carbocycles. The van der Waals surface area contributed by atoms with Gasteiger partial charge in [0, 0.05) is 15.2 Å². The number of hydrogen-bond donors (Lipinski definition) is 0. The Morgan fingerprint density at radius 1 is 1.13 bits per heavy atom. The highest BCUT2D eigenvalue weighted by Gasteiger charge is 2.08. The van der Waals surface area contributed by atoms with Gasteiger partial charge in [0.1, 0.15) is 0 Å². The fourth-order valence-corrected chi connectivity index (χ4v) is 2.65. The molecule has 0 saturated carbocycles. The first-order valence-electron chi connectivity index (χ1n) is 4.78. The topological polar surface area (TPSA) is 9.23 Å². The second-order valence-electron chi connectivity index (χ2n) is 3.35. The Morgan fingerprint density at radius 3 is 2.87 bits per heavy atom. The lowest BCUT2D eigenvalue weighted by Crippen LogP contribution is -1.87. The summed E-state index contributed by atoms with van der Waals surface area (Å²) in [7, 11) is 0. The van der Waals surface area contributed by atoms with Gasteiger partial charge in [0.25, 0.3) is 0 Å². The van der Waals surface area contributed by atoms with Crippen molar-refractivity contribution in [2.45, 2.75) is 0 Å². The molecule has 0 N–H and O–H groups in total. The molecule has 0 fully saturated rings. The van der Waals surface area contributed by atoms with Gasteiger partial charge >= 0.3 is 0 Å². The summed E-state index contributed by atoms with van der Waals surface area (Å²) in [4.78, 5) is 1.25. The number of rotatable bonds is 1. The smallest absolute Gasteiger partial charge is 0.165 e. The Kier molecular flexibility index (Phi) is 2.07. The molecule has 0 unspecified atom stereocenters. The first kappa shape index (κ1) is 8.74. The molecule has 73 valence electrons. The Hall–Kier alpha value is -1.54. The van der Waals surface area contributed by atoms with E-state index in [1.54, 1.807) is 24.2 Å². The fraction of sp³-hybridized carbons (Fsp3) is 0. The van der Waals surface area contributed by atoms with Gasteiger partial charge in [0.15, 0.2) is 6.61 Å². The monoisotopic (exact) mass is 213 g/mol. The van der Waals surface area contributed by atoms with Gasteiger partial charge in [-0.25, -0.2) is 0 Å². The lowest BCUT2D eigenvalue weighted by Gasteiger charge is -2.06. The predicted molar refractivity (Wildman–Crippen MR) is 64.3 cm³/mol. The molecule has 1 radical (unpaired) electrons. The van der Waals surface area contributed by atoms with Crippen molar-refractivity contribution in [1.82, 2.24) is 0 Å². The minimum absolute atomic E-state index is 1.14. The van der Waals surface area contributed by atoms with E-state index in [-0.39, 0.29) is 0 Å². The number of fused-ring (bicyclic) bond motifs is 1. The molecule has 0 saturated heterocycles. The highest BCUT2D eigenvalue weighted by Crippen LogP contribution is 2.32. The average molecular weight is 213 g/mol.